The van der Waals surface area contributed by atoms with Gasteiger partial charge in [0.25, 0.3) is 10.0 Å². The molecule has 0 unspecified atom stereocenters. The molecule has 0 aliphatic rings. The molecule has 2 heterocycles. The number of hydrogen-bond acceptors (Lipinski definition) is 5. The SMILES string of the molecule is COC(=O)CCCc1cc2nc(Cl)ccc2n1S(=O)(=O)c1ccc(Cl)cc1Cl. The summed E-state index contributed by atoms with van der Waals surface area (Å²) in [5.74, 6) is -0.368. The first-order valence-electron chi connectivity index (χ1n) is 8.18. The monoisotopic (exact) mass is 460 g/mol. The first-order chi connectivity index (χ1) is 13.2. The van der Waals surface area contributed by atoms with Crippen LogP contribution < -0.4 is 0 Å². The van der Waals surface area contributed by atoms with Gasteiger partial charge in [0.05, 0.1) is 23.2 Å². The van der Waals surface area contributed by atoms with E-state index in [0.717, 1.165) is 0 Å². The standard InChI is InChI=1S/C18H15Cl3N2O4S/c1-27-18(24)4-2-3-12-10-14-15(6-8-17(21)22-14)23(12)28(25,26)16-7-5-11(19)9-13(16)20/h5-10H,2-4H2,1H3. The molecule has 0 saturated heterocycles. The number of benzene rings is 1. The van der Waals surface area contributed by atoms with Crippen LogP contribution in [-0.2, 0) is 26.0 Å². The molecule has 0 N–H and O–H groups in total. The summed E-state index contributed by atoms with van der Waals surface area (Å²) in [5.41, 5.74) is 1.25. The number of carbonyl (C=O) groups excluding carboxylic acids is 1. The number of fused-ring (bicyclic) bond motifs is 1. The van der Waals surface area contributed by atoms with Crippen molar-refractivity contribution in [3.05, 3.63) is 57.3 Å². The van der Waals surface area contributed by atoms with Gasteiger partial charge in [-0.25, -0.2) is 17.4 Å². The third-order valence-corrected chi connectivity index (χ3v) is 6.80. The minimum atomic E-state index is -4.04. The molecule has 148 valence electrons. The van der Waals surface area contributed by atoms with Crippen LogP contribution in [0.2, 0.25) is 15.2 Å². The highest BCUT2D eigenvalue weighted by atomic mass is 35.5. The van der Waals surface area contributed by atoms with Crippen LogP contribution in [0.25, 0.3) is 11.0 Å². The Morgan fingerprint density at radius 3 is 2.57 bits per heavy atom. The Morgan fingerprint density at radius 2 is 1.89 bits per heavy atom. The number of hydrogen-bond donors (Lipinski definition) is 0. The summed E-state index contributed by atoms with van der Waals surface area (Å²) in [6.07, 6.45) is 0.877. The van der Waals surface area contributed by atoms with Crippen molar-refractivity contribution in [3.8, 4) is 0 Å². The zero-order valence-corrected chi connectivity index (χ0v) is 17.7. The largest absolute Gasteiger partial charge is 0.469 e. The Bertz CT molecular complexity index is 1160. The van der Waals surface area contributed by atoms with E-state index in [2.05, 4.69) is 9.72 Å². The second-order valence-corrected chi connectivity index (χ2v) is 8.93. The number of aromatic nitrogens is 2. The summed E-state index contributed by atoms with van der Waals surface area (Å²) in [4.78, 5) is 15.5. The van der Waals surface area contributed by atoms with Crippen molar-refractivity contribution < 1.29 is 17.9 Å². The van der Waals surface area contributed by atoms with Crippen LogP contribution in [-0.4, -0.2) is 30.5 Å². The summed E-state index contributed by atoms with van der Waals surface area (Å²) < 4.78 is 32.6. The Hall–Kier alpha value is -1.80. The van der Waals surface area contributed by atoms with E-state index < -0.39 is 10.0 Å². The molecule has 3 rings (SSSR count). The molecule has 0 spiro atoms. The van der Waals surface area contributed by atoms with Crippen LogP contribution in [0.4, 0.5) is 0 Å². The van der Waals surface area contributed by atoms with Crippen molar-refractivity contribution in [1.29, 1.82) is 0 Å². The van der Waals surface area contributed by atoms with Crippen LogP contribution >= 0.6 is 34.8 Å². The van der Waals surface area contributed by atoms with Gasteiger partial charge in [-0.05, 0) is 49.2 Å². The molecule has 0 atom stereocenters. The molecule has 2 aromatic heterocycles. The van der Waals surface area contributed by atoms with Crippen molar-refractivity contribution in [1.82, 2.24) is 8.96 Å². The number of aryl methyl sites for hydroxylation is 1. The lowest BCUT2D eigenvalue weighted by atomic mass is 10.2. The third kappa shape index (κ3) is 4.12. The van der Waals surface area contributed by atoms with E-state index >= 15 is 0 Å². The normalized spacial score (nSPS) is 11.7. The molecule has 0 amide bonds. The number of ether oxygens (including phenoxy) is 1. The molecule has 3 aromatic rings. The lowest BCUT2D eigenvalue weighted by Crippen LogP contribution is -2.16. The maximum Gasteiger partial charge on any atom is 0.305 e. The molecule has 0 saturated carbocycles. The first kappa shape index (κ1) is 20.9. The van der Waals surface area contributed by atoms with Crippen molar-refractivity contribution in [2.75, 3.05) is 7.11 Å². The fourth-order valence-corrected chi connectivity index (χ4v) is 5.31. The smallest absolute Gasteiger partial charge is 0.305 e. The van der Waals surface area contributed by atoms with Gasteiger partial charge in [-0.3, -0.25) is 4.79 Å². The molecule has 1 aromatic carbocycles. The highest BCUT2D eigenvalue weighted by molar-refractivity contribution is 7.90. The predicted molar refractivity (Wildman–Crippen MR) is 109 cm³/mol. The van der Waals surface area contributed by atoms with Gasteiger partial charge in [-0.2, -0.15) is 0 Å². The summed E-state index contributed by atoms with van der Waals surface area (Å²) in [7, 11) is -2.74. The number of nitrogens with zero attached hydrogens (tertiary/aromatic N) is 2. The lowest BCUT2D eigenvalue weighted by molar-refractivity contribution is -0.140. The number of rotatable bonds is 6. The zero-order valence-electron chi connectivity index (χ0n) is 14.7. The van der Waals surface area contributed by atoms with Gasteiger partial charge in [0, 0.05) is 17.1 Å². The Balaban J connectivity index is 2.14. The highest BCUT2D eigenvalue weighted by Crippen LogP contribution is 2.31. The average Bonchev–Trinajstić information content (AvgIpc) is 2.99. The van der Waals surface area contributed by atoms with Crippen LogP contribution in [0.15, 0.2) is 41.3 Å². The average molecular weight is 462 g/mol. The van der Waals surface area contributed by atoms with E-state index in [1.54, 1.807) is 12.1 Å². The molecular formula is C18H15Cl3N2O4S. The molecule has 0 radical (unpaired) electrons. The fraction of sp³-hybridized carbons (Fsp3) is 0.222. The van der Waals surface area contributed by atoms with E-state index in [0.29, 0.717) is 34.6 Å². The van der Waals surface area contributed by atoms with E-state index in [9.17, 15) is 13.2 Å². The molecule has 0 bridgehead atoms. The van der Waals surface area contributed by atoms with Crippen LogP contribution in [0, 0.1) is 0 Å². The summed E-state index contributed by atoms with van der Waals surface area (Å²) >= 11 is 18.0. The highest BCUT2D eigenvalue weighted by Gasteiger charge is 2.26. The first-order valence-corrected chi connectivity index (χ1v) is 10.8. The molecule has 28 heavy (non-hydrogen) atoms. The Labute approximate surface area is 177 Å². The lowest BCUT2D eigenvalue weighted by Gasteiger charge is -2.13. The second kappa shape index (κ2) is 8.29. The quantitative estimate of drug-likeness (QED) is 0.392. The maximum absolute atomic E-state index is 13.4. The van der Waals surface area contributed by atoms with Gasteiger partial charge < -0.3 is 4.74 Å². The van der Waals surface area contributed by atoms with Gasteiger partial charge in [-0.1, -0.05) is 34.8 Å². The maximum atomic E-state index is 13.4. The second-order valence-electron chi connectivity index (χ2n) is 5.95. The third-order valence-electron chi connectivity index (χ3n) is 4.11. The van der Waals surface area contributed by atoms with Crippen molar-refractivity contribution in [2.45, 2.75) is 24.2 Å². The Kier molecular flexibility index (Phi) is 6.19. The van der Waals surface area contributed by atoms with Crippen LogP contribution in [0.5, 0.6) is 0 Å². The molecule has 6 nitrogen and oxygen atoms in total. The van der Waals surface area contributed by atoms with E-state index in [1.807, 2.05) is 0 Å². The van der Waals surface area contributed by atoms with Crippen molar-refractivity contribution in [3.63, 3.8) is 0 Å². The van der Waals surface area contributed by atoms with Gasteiger partial charge in [0.15, 0.2) is 0 Å². The molecule has 10 heteroatoms. The van der Waals surface area contributed by atoms with Crippen molar-refractivity contribution >= 4 is 61.8 Å². The topological polar surface area (TPSA) is 78.3 Å². The number of esters is 1. The van der Waals surface area contributed by atoms with Crippen LogP contribution in [0.3, 0.4) is 0 Å². The van der Waals surface area contributed by atoms with Gasteiger partial charge in [0.1, 0.15) is 10.0 Å². The Morgan fingerprint density at radius 1 is 1.14 bits per heavy atom. The molecule has 0 aliphatic carbocycles. The minimum absolute atomic E-state index is 0.0109. The number of halogens is 3. The molecule has 0 fully saturated rings. The van der Waals surface area contributed by atoms with Gasteiger partial charge >= 0.3 is 5.97 Å². The van der Waals surface area contributed by atoms with Crippen LogP contribution in [0.1, 0.15) is 18.5 Å². The summed E-state index contributed by atoms with van der Waals surface area (Å²) in [6, 6.07) is 8.91. The summed E-state index contributed by atoms with van der Waals surface area (Å²) in [5, 5.41) is 0.581. The number of pyridine rings is 1. The van der Waals surface area contributed by atoms with E-state index in [-0.39, 0.29) is 27.5 Å². The fourth-order valence-electron chi connectivity index (χ4n) is 2.85. The molecular weight excluding hydrogens is 447 g/mol. The zero-order chi connectivity index (χ0) is 20.5. The van der Waals surface area contributed by atoms with Gasteiger partial charge in [-0.15, -0.1) is 0 Å². The van der Waals surface area contributed by atoms with E-state index in [1.165, 1.54) is 35.3 Å². The summed E-state index contributed by atoms with van der Waals surface area (Å²) in [6.45, 7) is 0. The van der Waals surface area contributed by atoms with E-state index in [4.69, 9.17) is 34.8 Å². The number of carbonyl (C=O) groups is 1. The minimum Gasteiger partial charge on any atom is -0.469 e. The number of methoxy groups -OCH3 is 1. The molecule has 0 aliphatic heterocycles. The predicted octanol–water partition coefficient (Wildman–Crippen LogP) is 4.73. The van der Waals surface area contributed by atoms with Crippen molar-refractivity contribution in [2.24, 2.45) is 0 Å². The van der Waals surface area contributed by atoms with Gasteiger partial charge in [0.2, 0.25) is 0 Å².